The van der Waals surface area contributed by atoms with Crippen LogP contribution in [0.15, 0.2) is 18.5 Å². The lowest BCUT2D eigenvalue weighted by atomic mass is 9.92. The van der Waals surface area contributed by atoms with E-state index in [1.54, 1.807) is 0 Å². The summed E-state index contributed by atoms with van der Waals surface area (Å²) in [6.07, 6.45) is -2.58. The van der Waals surface area contributed by atoms with Crippen molar-refractivity contribution in [3.05, 3.63) is 29.6 Å². The Kier molecular flexibility index (Phi) is 13.7. The second-order valence-electron chi connectivity index (χ2n) is 10.4. The zero-order valence-corrected chi connectivity index (χ0v) is 27.9. The number of phosphoric ester groups is 1. The number of nitrogens with zero attached hydrogens (tertiary/aromatic N) is 4. The summed E-state index contributed by atoms with van der Waals surface area (Å²) >= 11 is 0. The number of carbonyl (C=O) groups excluding carboxylic acids is 3. The lowest BCUT2D eigenvalue weighted by Crippen LogP contribution is -2.53. The van der Waals surface area contributed by atoms with Crippen LogP contribution in [0.3, 0.4) is 0 Å². The molecule has 0 saturated heterocycles. The maximum absolute atomic E-state index is 13.1. The molecule has 0 amide bonds. The SMILES string of the molecule is COC(=O)[C@H](C)N[P+](=O)OC[C@@](C#N)(OC)[C@@H](OC(=O)C(C)C)[C@@H](OC(=O)C(C)C)c1ccc2c(=N)ncn(COP(=O)(O)O)n12. The van der Waals surface area contributed by atoms with Crippen LogP contribution in [-0.4, -0.2) is 80.4 Å². The highest BCUT2D eigenvalue weighted by atomic mass is 31.2. The molecule has 0 fully saturated rings. The number of methoxy groups -OCH3 is 2. The van der Waals surface area contributed by atoms with Gasteiger partial charge in [0.15, 0.2) is 31.0 Å². The number of phosphoric acid groups is 1. The van der Waals surface area contributed by atoms with Gasteiger partial charge in [0, 0.05) is 7.11 Å². The van der Waals surface area contributed by atoms with Gasteiger partial charge in [0.25, 0.3) is 0 Å². The third-order valence-electron chi connectivity index (χ3n) is 6.32. The van der Waals surface area contributed by atoms with Crippen molar-refractivity contribution in [2.75, 3.05) is 20.8 Å². The van der Waals surface area contributed by atoms with Gasteiger partial charge in [-0.05, 0) is 23.6 Å². The summed E-state index contributed by atoms with van der Waals surface area (Å²) in [5, 5.41) is 21.1. The molecule has 254 valence electrons. The number of ether oxygens (including phenoxy) is 4. The van der Waals surface area contributed by atoms with Crippen LogP contribution >= 0.6 is 16.0 Å². The van der Waals surface area contributed by atoms with Crippen LogP contribution in [0.4, 0.5) is 0 Å². The highest BCUT2D eigenvalue weighted by Gasteiger charge is 2.53. The molecule has 0 bridgehead atoms. The van der Waals surface area contributed by atoms with Gasteiger partial charge >= 0.3 is 33.9 Å². The molecule has 0 saturated carbocycles. The Morgan fingerprint density at radius 3 is 2.24 bits per heavy atom. The topological polar surface area (TPSA) is 263 Å². The fourth-order valence-electron chi connectivity index (χ4n) is 3.77. The Labute approximate surface area is 264 Å². The van der Waals surface area contributed by atoms with Crippen molar-refractivity contribution in [1.29, 1.82) is 10.7 Å². The van der Waals surface area contributed by atoms with Gasteiger partial charge in [-0.3, -0.25) is 24.3 Å². The van der Waals surface area contributed by atoms with Crippen molar-refractivity contribution in [2.45, 2.75) is 65.2 Å². The van der Waals surface area contributed by atoms with Crippen molar-refractivity contribution < 1.29 is 61.3 Å². The van der Waals surface area contributed by atoms with E-state index in [2.05, 4.69) is 19.3 Å². The quantitative estimate of drug-likeness (QED) is 0.103. The number of nitriles is 1. The maximum atomic E-state index is 13.1. The van der Waals surface area contributed by atoms with Gasteiger partial charge in [0.05, 0.1) is 24.6 Å². The van der Waals surface area contributed by atoms with Gasteiger partial charge < -0.3 is 28.7 Å². The highest BCUT2D eigenvalue weighted by Crippen LogP contribution is 2.38. The van der Waals surface area contributed by atoms with E-state index in [0.717, 1.165) is 29.7 Å². The molecule has 2 heterocycles. The largest absolute Gasteiger partial charge is 0.613 e. The van der Waals surface area contributed by atoms with E-state index in [4.69, 9.17) is 24.1 Å². The zero-order chi connectivity index (χ0) is 35.0. The summed E-state index contributed by atoms with van der Waals surface area (Å²) in [6, 6.07) is 3.49. The first-order valence-corrected chi connectivity index (χ1v) is 16.2. The molecule has 2 aromatic heterocycles. The summed E-state index contributed by atoms with van der Waals surface area (Å²) in [4.78, 5) is 60.4. The van der Waals surface area contributed by atoms with Gasteiger partial charge in [0.1, 0.15) is 24.0 Å². The molecule has 0 spiro atoms. The van der Waals surface area contributed by atoms with Crippen LogP contribution in [0.5, 0.6) is 0 Å². The van der Waals surface area contributed by atoms with Crippen LogP contribution in [0.25, 0.3) is 5.52 Å². The molecule has 2 aromatic rings. The van der Waals surface area contributed by atoms with E-state index in [0.29, 0.717) is 0 Å². The lowest BCUT2D eigenvalue weighted by Gasteiger charge is -2.36. The molecule has 4 N–H and O–H groups in total. The second-order valence-corrected chi connectivity index (χ2v) is 12.6. The third-order valence-corrected chi connectivity index (χ3v) is 7.73. The number of aromatic nitrogens is 3. The van der Waals surface area contributed by atoms with Gasteiger partial charge in [-0.25, -0.2) is 18.7 Å². The number of nitrogens with one attached hydrogen (secondary N) is 2. The number of fused-ring (bicyclic) bond motifs is 1. The fourth-order valence-corrected chi connectivity index (χ4v) is 4.85. The van der Waals surface area contributed by atoms with E-state index in [1.807, 2.05) is 6.07 Å². The Balaban J connectivity index is 2.81. The predicted molar refractivity (Wildman–Crippen MR) is 154 cm³/mol. The van der Waals surface area contributed by atoms with Crippen LogP contribution in [0, 0.1) is 28.6 Å². The molecule has 2 rings (SSSR count). The predicted octanol–water partition coefficient (Wildman–Crippen LogP) is 1.22. The highest BCUT2D eigenvalue weighted by molar-refractivity contribution is 7.46. The number of esters is 3. The molecule has 46 heavy (non-hydrogen) atoms. The first kappa shape index (κ1) is 38.6. The molecule has 1 unspecified atom stereocenters. The van der Waals surface area contributed by atoms with Crippen LogP contribution in [-0.2, 0) is 58.2 Å². The van der Waals surface area contributed by atoms with Gasteiger partial charge in [0.2, 0.25) is 5.60 Å². The van der Waals surface area contributed by atoms with Crippen LogP contribution in [0.1, 0.15) is 46.4 Å². The number of rotatable bonds is 17. The van der Waals surface area contributed by atoms with Crippen LogP contribution < -0.4 is 10.6 Å². The van der Waals surface area contributed by atoms with E-state index < -0.39 is 82.9 Å². The summed E-state index contributed by atoms with van der Waals surface area (Å²) in [6.45, 7) is 5.71. The number of carbonyl (C=O) groups is 3. The van der Waals surface area contributed by atoms with Gasteiger partial charge in [-0.1, -0.05) is 32.8 Å². The average Bonchev–Trinajstić information content (AvgIpc) is 3.44. The monoisotopic (exact) mass is 691 g/mol. The van der Waals surface area contributed by atoms with Crippen molar-refractivity contribution >= 4 is 39.4 Å². The third kappa shape index (κ3) is 9.71. The summed E-state index contributed by atoms with van der Waals surface area (Å²) in [5.41, 5.74) is -2.70. The molecule has 21 heteroatoms. The Morgan fingerprint density at radius 2 is 1.72 bits per heavy atom. The lowest BCUT2D eigenvalue weighted by molar-refractivity contribution is -0.197. The molecule has 0 aromatic carbocycles. The minimum atomic E-state index is -5.01. The zero-order valence-electron chi connectivity index (χ0n) is 26.1. The minimum absolute atomic E-state index is 0.0339. The molecule has 0 aliphatic carbocycles. The van der Waals surface area contributed by atoms with Gasteiger partial charge in [-0.2, -0.15) is 5.26 Å². The molecule has 0 aliphatic heterocycles. The number of hydrogen-bond acceptors (Lipinski definition) is 14. The number of hydrogen-bond donors (Lipinski definition) is 4. The maximum Gasteiger partial charge on any atom is 0.613 e. The van der Waals surface area contributed by atoms with Crippen molar-refractivity contribution in [1.82, 2.24) is 19.3 Å². The molecular formula is C25H37N6O13P2+. The first-order chi connectivity index (χ1) is 21.4. The fraction of sp³-hybridized carbons (Fsp3) is 0.600. The Morgan fingerprint density at radius 1 is 1.11 bits per heavy atom. The minimum Gasteiger partial charge on any atom is -0.468 e. The van der Waals surface area contributed by atoms with Crippen molar-refractivity contribution in [3.8, 4) is 6.07 Å². The molecule has 5 atom stereocenters. The van der Waals surface area contributed by atoms with Crippen molar-refractivity contribution in [2.24, 2.45) is 11.8 Å². The van der Waals surface area contributed by atoms with E-state index in [-0.39, 0.29) is 16.7 Å². The van der Waals surface area contributed by atoms with E-state index in [9.17, 15) is 38.6 Å². The summed E-state index contributed by atoms with van der Waals surface area (Å²) in [5.74, 6) is -3.97. The normalized spacial score (nSPS) is 15.5. The Hall–Kier alpha value is -3.59. The molecular weight excluding hydrogens is 654 g/mol. The Bertz CT molecular complexity index is 1580. The smallest absolute Gasteiger partial charge is 0.468 e. The van der Waals surface area contributed by atoms with E-state index in [1.165, 1.54) is 46.8 Å². The summed E-state index contributed by atoms with van der Waals surface area (Å²) < 4.78 is 58.1. The standard InChI is InChI=1S/C25H36N6O13P2/c1-14(2)22(32)43-19(17-8-9-18-21(27)28-12-30(31(17)18)13-42-46(36,37)38)20(44-23(33)15(3)4)25(10-26,40-7)11-41-45(35)29-16(5)24(34)39-6/h8-9,12,14-16,19-20,27H,11,13H2,1-7H3,(H2-,29,35,36,37,38)/p+1/t16-,19-,20-,25+/m0/s1. The molecule has 0 aliphatic rings. The summed E-state index contributed by atoms with van der Waals surface area (Å²) in [7, 11) is -5.66. The van der Waals surface area contributed by atoms with Crippen LogP contribution in [0.2, 0.25) is 0 Å². The second kappa shape index (κ2) is 16.3. The van der Waals surface area contributed by atoms with E-state index >= 15 is 0 Å². The average molecular weight is 692 g/mol. The first-order valence-electron chi connectivity index (χ1n) is 13.5. The van der Waals surface area contributed by atoms with Gasteiger partial charge in [-0.15, -0.1) is 4.52 Å². The van der Waals surface area contributed by atoms with Crippen molar-refractivity contribution in [3.63, 3.8) is 0 Å². The molecule has 19 nitrogen and oxygen atoms in total. The molecule has 0 radical (unpaired) electrons.